The summed E-state index contributed by atoms with van der Waals surface area (Å²) in [5, 5.41) is 7.66. The Morgan fingerprint density at radius 3 is 2.37 bits per heavy atom. The van der Waals surface area contributed by atoms with Gasteiger partial charge in [-0.2, -0.15) is 5.10 Å². The molecule has 0 saturated heterocycles. The summed E-state index contributed by atoms with van der Waals surface area (Å²) in [6.45, 7) is 6.18. The van der Waals surface area contributed by atoms with Gasteiger partial charge in [0.25, 0.3) is 0 Å². The molecule has 2 aromatic heterocycles. The topological polar surface area (TPSA) is 55.6 Å². The third-order valence-corrected chi connectivity index (χ3v) is 3.51. The van der Waals surface area contributed by atoms with Gasteiger partial charge >= 0.3 is 0 Å². The molecule has 0 aliphatic carbocycles. The molecular weight excluding hydrogens is 306 g/mol. The van der Waals surface area contributed by atoms with Crippen molar-refractivity contribution in [3.63, 3.8) is 0 Å². The Hall–Kier alpha value is -1.27. The van der Waals surface area contributed by atoms with E-state index in [2.05, 4.69) is 50.2 Å². The van der Waals surface area contributed by atoms with E-state index in [-0.39, 0.29) is 12.1 Å². The van der Waals surface area contributed by atoms with Crippen molar-refractivity contribution in [3.8, 4) is 0 Å². The Balaban J connectivity index is 2.47. The van der Waals surface area contributed by atoms with Crippen molar-refractivity contribution in [2.24, 2.45) is 0 Å². The number of rotatable bonds is 4. The Morgan fingerprint density at radius 1 is 1.21 bits per heavy atom. The number of nitrogens with zero attached hydrogens (tertiary/aromatic N) is 4. The van der Waals surface area contributed by atoms with E-state index >= 15 is 0 Å². The van der Waals surface area contributed by atoms with E-state index in [9.17, 15) is 0 Å². The zero-order valence-electron chi connectivity index (χ0n) is 11.6. The first-order valence-corrected chi connectivity index (χ1v) is 7.02. The average molecular weight is 324 g/mol. The van der Waals surface area contributed by atoms with Gasteiger partial charge < -0.3 is 5.32 Å². The molecule has 0 spiro atoms. The molecule has 0 radical (unpaired) electrons. The summed E-state index contributed by atoms with van der Waals surface area (Å²) < 4.78 is 2.94. The van der Waals surface area contributed by atoms with Crippen molar-refractivity contribution >= 4 is 15.9 Å². The Kier molecular flexibility index (Phi) is 4.31. The number of hydrogen-bond acceptors (Lipinski definition) is 4. The predicted octanol–water partition coefficient (Wildman–Crippen LogP) is 2.63. The molecule has 19 heavy (non-hydrogen) atoms. The fourth-order valence-corrected chi connectivity index (χ4v) is 2.47. The van der Waals surface area contributed by atoms with E-state index in [0.717, 1.165) is 21.6 Å². The van der Waals surface area contributed by atoms with Crippen LogP contribution in [0.1, 0.15) is 43.0 Å². The second kappa shape index (κ2) is 5.79. The van der Waals surface area contributed by atoms with Crippen LogP contribution in [0.2, 0.25) is 0 Å². The van der Waals surface area contributed by atoms with Crippen molar-refractivity contribution in [1.29, 1.82) is 0 Å². The maximum Gasteiger partial charge on any atom is 0.151 e. The van der Waals surface area contributed by atoms with Crippen LogP contribution in [-0.4, -0.2) is 26.8 Å². The highest BCUT2D eigenvalue weighted by Crippen LogP contribution is 2.28. The SMILES string of the molecule is CNC(c1ncc(C)cn1)c1c(Br)cnn1C(C)C. The highest BCUT2D eigenvalue weighted by Gasteiger charge is 2.23. The second-order valence-corrected chi connectivity index (χ2v) is 5.61. The fourth-order valence-electron chi connectivity index (χ4n) is 1.97. The van der Waals surface area contributed by atoms with Gasteiger partial charge in [-0.25, -0.2) is 9.97 Å². The normalized spacial score (nSPS) is 12.9. The second-order valence-electron chi connectivity index (χ2n) is 4.76. The lowest BCUT2D eigenvalue weighted by atomic mass is 10.1. The lowest BCUT2D eigenvalue weighted by molar-refractivity contribution is 0.476. The van der Waals surface area contributed by atoms with Crippen molar-refractivity contribution in [2.45, 2.75) is 32.9 Å². The highest BCUT2D eigenvalue weighted by atomic mass is 79.9. The molecule has 2 aromatic rings. The molecule has 0 aliphatic heterocycles. The molecular formula is C13H18BrN5. The molecule has 0 fully saturated rings. The molecule has 5 nitrogen and oxygen atoms in total. The maximum atomic E-state index is 4.41. The van der Waals surface area contributed by atoms with Crippen LogP contribution in [-0.2, 0) is 0 Å². The van der Waals surface area contributed by atoms with Crippen LogP contribution in [0.5, 0.6) is 0 Å². The molecule has 0 aliphatic rings. The van der Waals surface area contributed by atoms with Gasteiger partial charge in [0.2, 0.25) is 0 Å². The van der Waals surface area contributed by atoms with E-state index < -0.39 is 0 Å². The zero-order chi connectivity index (χ0) is 14.0. The van der Waals surface area contributed by atoms with Gasteiger partial charge in [0.15, 0.2) is 5.82 Å². The fraction of sp³-hybridized carbons (Fsp3) is 0.462. The van der Waals surface area contributed by atoms with Gasteiger partial charge in [-0.3, -0.25) is 4.68 Å². The number of aromatic nitrogens is 4. The average Bonchev–Trinajstić information content (AvgIpc) is 2.75. The standard InChI is InChI=1S/C13H18BrN5/c1-8(2)19-12(10(14)7-18-19)11(15-4)13-16-5-9(3)6-17-13/h5-8,11,15H,1-4H3. The third kappa shape index (κ3) is 2.84. The third-order valence-electron chi connectivity index (χ3n) is 2.90. The number of hydrogen-bond donors (Lipinski definition) is 1. The van der Waals surface area contributed by atoms with E-state index in [0.29, 0.717) is 0 Å². The predicted molar refractivity (Wildman–Crippen MR) is 78.0 cm³/mol. The zero-order valence-corrected chi connectivity index (χ0v) is 13.1. The minimum atomic E-state index is -0.0834. The van der Waals surface area contributed by atoms with Crippen LogP contribution >= 0.6 is 15.9 Å². The maximum absolute atomic E-state index is 4.41. The van der Waals surface area contributed by atoms with Crippen LogP contribution in [0.3, 0.4) is 0 Å². The quantitative estimate of drug-likeness (QED) is 0.939. The molecule has 0 saturated carbocycles. The Bertz CT molecular complexity index is 547. The lowest BCUT2D eigenvalue weighted by Crippen LogP contribution is -2.24. The van der Waals surface area contributed by atoms with E-state index in [1.54, 1.807) is 0 Å². The minimum Gasteiger partial charge on any atom is -0.305 e. The highest BCUT2D eigenvalue weighted by molar-refractivity contribution is 9.10. The number of aryl methyl sites for hydroxylation is 1. The van der Waals surface area contributed by atoms with E-state index in [1.807, 2.05) is 37.2 Å². The van der Waals surface area contributed by atoms with E-state index in [4.69, 9.17) is 0 Å². The molecule has 0 amide bonds. The van der Waals surface area contributed by atoms with Gasteiger partial charge in [0.1, 0.15) is 6.04 Å². The Labute approximate surface area is 121 Å². The van der Waals surface area contributed by atoms with Crippen LogP contribution in [0.25, 0.3) is 0 Å². The smallest absolute Gasteiger partial charge is 0.151 e. The van der Waals surface area contributed by atoms with Crippen molar-refractivity contribution in [3.05, 3.63) is 40.1 Å². The van der Waals surface area contributed by atoms with Crippen molar-refractivity contribution in [2.75, 3.05) is 7.05 Å². The van der Waals surface area contributed by atoms with Gasteiger partial charge in [-0.1, -0.05) is 0 Å². The summed E-state index contributed by atoms with van der Waals surface area (Å²) in [6.07, 6.45) is 5.47. The summed E-state index contributed by atoms with van der Waals surface area (Å²) in [6, 6.07) is 0.197. The first-order valence-electron chi connectivity index (χ1n) is 6.23. The van der Waals surface area contributed by atoms with Crippen LogP contribution in [0.4, 0.5) is 0 Å². The molecule has 6 heteroatoms. The van der Waals surface area contributed by atoms with Gasteiger partial charge in [-0.05, 0) is 49.3 Å². The van der Waals surface area contributed by atoms with Crippen LogP contribution in [0, 0.1) is 6.92 Å². The van der Waals surface area contributed by atoms with Crippen LogP contribution in [0.15, 0.2) is 23.1 Å². The molecule has 1 unspecified atom stereocenters. The molecule has 102 valence electrons. The summed E-state index contributed by atoms with van der Waals surface area (Å²) in [5.41, 5.74) is 2.09. The largest absolute Gasteiger partial charge is 0.305 e. The molecule has 2 heterocycles. The molecule has 0 aromatic carbocycles. The van der Waals surface area contributed by atoms with Gasteiger partial charge in [0, 0.05) is 18.4 Å². The van der Waals surface area contributed by atoms with Crippen LogP contribution < -0.4 is 5.32 Å². The van der Waals surface area contributed by atoms with Gasteiger partial charge in [0.05, 0.1) is 16.4 Å². The molecule has 0 bridgehead atoms. The van der Waals surface area contributed by atoms with Crippen molar-refractivity contribution < 1.29 is 0 Å². The number of nitrogens with one attached hydrogen (secondary N) is 1. The molecule has 2 rings (SSSR count). The van der Waals surface area contributed by atoms with Crippen molar-refractivity contribution in [1.82, 2.24) is 25.1 Å². The monoisotopic (exact) mass is 323 g/mol. The summed E-state index contributed by atoms with van der Waals surface area (Å²) in [4.78, 5) is 8.82. The summed E-state index contributed by atoms with van der Waals surface area (Å²) >= 11 is 3.56. The minimum absolute atomic E-state index is 0.0834. The summed E-state index contributed by atoms with van der Waals surface area (Å²) in [5.74, 6) is 0.746. The summed E-state index contributed by atoms with van der Waals surface area (Å²) in [7, 11) is 1.90. The van der Waals surface area contributed by atoms with E-state index in [1.165, 1.54) is 0 Å². The molecule has 1 atom stereocenters. The first-order chi connectivity index (χ1) is 9.04. The number of halogens is 1. The Morgan fingerprint density at radius 2 is 1.84 bits per heavy atom. The first kappa shape index (κ1) is 14.1. The van der Waals surface area contributed by atoms with Gasteiger partial charge in [-0.15, -0.1) is 0 Å². The lowest BCUT2D eigenvalue weighted by Gasteiger charge is -2.19. The molecule has 1 N–H and O–H groups in total.